The average molecular weight is 265 g/mol. The molecule has 1 nitrogen and oxygen atoms in total. The molecule has 0 aromatic rings. The summed E-state index contributed by atoms with van der Waals surface area (Å²) in [5.74, 6) is 0. The lowest BCUT2D eigenvalue weighted by atomic mass is 9.76. The molecule has 0 aromatic heterocycles. The fourth-order valence-corrected chi connectivity index (χ4v) is 2.11. The monoisotopic (exact) mass is 265 g/mol. The summed E-state index contributed by atoms with van der Waals surface area (Å²) >= 11 is 0. The Morgan fingerprint density at radius 1 is 1.05 bits per heavy atom. The largest absolute Gasteiger partial charge is 0.385 e. The van der Waals surface area contributed by atoms with Crippen LogP contribution in [0.5, 0.6) is 0 Å². The van der Waals surface area contributed by atoms with Gasteiger partial charge >= 0.3 is 0 Å². The van der Waals surface area contributed by atoms with Gasteiger partial charge in [-0.2, -0.15) is 0 Å². The summed E-state index contributed by atoms with van der Waals surface area (Å²) < 4.78 is 0. The second kappa shape index (κ2) is 8.45. The maximum atomic E-state index is 3.49. The van der Waals surface area contributed by atoms with Crippen LogP contribution in [-0.4, -0.2) is 6.04 Å². The van der Waals surface area contributed by atoms with Gasteiger partial charge in [-0.15, -0.1) is 0 Å². The van der Waals surface area contributed by atoms with Crippen molar-refractivity contribution in [2.75, 3.05) is 0 Å². The lowest BCUT2D eigenvalue weighted by Crippen LogP contribution is -2.29. The first-order chi connectivity index (χ1) is 8.70. The van der Waals surface area contributed by atoms with Crippen molar-refractivity contribution in [1.82, 2.24) is 5.32 Å². The molecule has 0 amide bonds. The minimum Gasteiger partial charge on any atom is -0.385 e. The highest BCUT2D eigenvalue weighted by atomic mass is 14.9. The standard InChI is InChI=1S/C18H35N/c1-8-10-11-16(19-14-9-2)15-18(6,7)13-12-17(3,4)5/h9-11,14,16,19H,8,12-13,15H2,1-7H3. The van der Waals surface area contributed by atoms with Crippen LogP contribution in [0.2, 0.25) is 0 Å². The van der Waals surface area contributed by atoms with Gasteiger partial charge in [0.25, 0.3) is 0 Å². The maximum absolute atomic E-state index is 3.49. The zero-order valence-electron chi connectivity index (χ0n) is 14.2. The Kier molecular flexibility index (Phi) is 8.13. The van der Waals surface area contributed by atoms with Gasteiger partial charge in [0.2, 0.25) is 0 Å². The molecule has 0 rings (SSSR count). The third-order valence-electron chi connectivity index (χ3n) is 3.41. The van der Waals surface area contributed by atoms with Gasteiger partial charge in [-0.1, -0.05) is 59.8 Å². The fraction of sp³-hybridized carbons (Fsp3) is 0.778. The Morgan fingerprint density at radius 2 is 1.68 bits per heavy atom. The predicted molar refractivity (Wildman–Crippen MR) is 88.3 cm³/mol. The molecule has 0 aliphatic carbocycles. The third kappa shape index (κ3) is 10.9. The van der Waals surface area contributed by atoms with Crippen LogP contribution in [0.25, 0.3) is 0 Å². The van der Waals surface area contributed by atoms with Gasteiger partial charge in [-0.25, -0.2) is 0 Å². The van der Waals surface area contributed by atoms with Crippen molar-refractivity contribution in [2.24, 2.45) is 10.8 Å². The molecule has 0 aromatic carbocycles. The highest BCUT2D eigenvalue weighted by Crippen LogP contribution is 2.34. The predicted octanol–water partition coefficient (Wildman–Crippen LogP) is 5.69. The van der Waals surface area contributed by atoms with Gasteiger partial charge < -0.3 is 5.32 Å². The lowest BCUT2D eigenvalue weighted by molar-refractivity contribution is 0.230. The van der Waals surface area contributed by atoms with Crippen molar-refractivity contribution in [3.05, 3.63) is 24.4 Å². The number of hydrogen-bond donors (Lipinski definition) is 1. The molecule has 19 heavy (non-hydrogen) atoms. The van der Waals surface area contributed by atoms with Crippen molar-refractivity contribution in [1.29, 1.82) is 0 Å². The Hall–Kier alpha value is -0.720. The smallest absolute Gasteiger partial charge is 0.0443 e. The Bertz CT molecular complexity index is 279. The van der Waals surface area contributed by atoms with E-state index in [0.29, 0.717) is 16.9 Å². The van der Waals surface area contributed by atoms with Gasteiger partial charge in [0.1, 0.15) is 0 Å². The Morgan fingerprint density at radius 3 is 2.16 bits per heavy atom. The van der Waals surface area contributed by atoms with Gasteiger partial charge in [0.15, 0.2) is 0 Å². The van der Waals surface area contributed by atoms with E-state index in [9.17, 15) is 0 Å². The summed E-state index contributed by atoms with van der Waals surface area (Å²) in [5, 5.41) is 3.49. The average Bonchev–Trinajstić information content (AvgIpc) is 2.29. The third-order valence-corrected chi connectivity index (χ3v) is 3.41. The summed E-state index contributed by atoms with van der Waals surface area (Å²) in [5.41, 5.74) is 0.813. The molecule has 0 spiro atoms. The highest BCUT2D eigenvalue weighted by Gasteiger charge is 2.24. The van der Waals surface area contributed by atoms with Gasteiger partial charge in [0, 0.05) is 6.04 Å². The van der Waals surface area contributed by atoms with Crippen molar-refractivity contribution < 1.29 is 0 Å². The maximum Gasteiger partial charge on any atom is 0.0443 e. The van der Waals surface area contributed by atoms with Crippen LogP contribution < -0.4 is 5.32 Å². The minimum atomic E-state index is 0.380. The summed E-state index contributed by atoms with van der Waals surface area (Å²) in [7, 11) is 0. The van der Waals surface area contributed by atoms with E-state index in [2.05, 4.69) is 78.2 Å². The molecule has 0 saturated carbocycles. The molecule has 1 atom stereocenters. The quantitative estimate of drug-likeness (QED) is 0.556. The topological polar surface area (TPSA) is 12.0 Å². The van der Waals surface area contributed by atoms with E-state index in [1.807, 2.05) is 0 Å². The molecular weight excluding hydrogens is 230 g/mol. The van der Waals surface area contributed by atoms with Crippen molar-refractivity contribution in [3.63, 3.8) is 0 Å². The molecule has 1 unspecified atom stereocenters. The fourth-order valence-electron chi connectivity index (χ4n) is 2.11. The molecule has 0 aliphatic heterocycles. The van der Waals surface area contributed by atoms with Gasteiger partial charge in [0.05, 0.1) is 0 Å². The number of allylic oxidation sites excluding steroid dienone is 2. The minimum absolute atomic E-state index is 0.380. The van der Waals surface area contributed by atoms with E-state index in [0.717, 1.165) is 6.42 Å². The van der Waals surface area contributed by atoms with Crippen LogP contribution in [0.15, 0.2) is 24.4 Å². The first-order valence-electron chi connectivity index (χ1n) is 7.74. The van der Waals surface area contributed by atoms with E-state index < -0.39 is 0 Å². The van der Waals surface area contributed by atoms with Crippen molar-refractivity contribution in [3.8, 4) is 0 Å². The SMILES string of the molecule is CC=CNC(C=CCC)CC(C)(C)CCC(C)(C)C. The molecule has 0 aliphatic rings. The van der Waals surface area contributed by atoms with Gasteiger partial charge in [-0.3, -0.25) is 0 Å². The zero-order chi connectivity index (χ0) is 14.9. The van der Waals surface area contributed by atoms with E-state index >= 15 is 0 Å². The Labute approximate surface area is 121 Å². The second-order valence-corrected chi connectivity index (χ2v) is 7.54. The summed E-state index contributed by atoms with van der Waals surface area (Å²) in [6.07, 6.45) is 13.6. The van der Waals surface area contributed by atoms with Gasteiger partial charge in [-0.05, 0) is 49.6 Å². The molecule has 0 saturated heterocycles. The van der Waals surface area contributed by atoms with Crippen LogP contribution in [0.1, 0.15) is 74.1 Å². The molecular formula is C18H35N. The number of nitrogens with one attached hydrogen (secondary N) is 1. The summed E-state index contributed by atoms with van der Waals surface area (Å²) in [6, 6.07) is 0.450. The van der Waals surface area contributed by atoms with E-state index in [1.54, 1.807) is 0 Å². The first kappa shape index (κ1) is 18.3. The molecule has 0 fully saturated rings. The number of rotatable bonds is 8. The molecule has 0 radical (unpaired) electrons. The highest BCUT2D eigenvalue weighted by molar-refractivity contribution is 4.98. The van der Waals surface area contributed by atoms with Crippen molar-refractivity contribution in [2.45, 2.75) is 80.2 Å². The van der Waals surface area contributed by atoms with Crippen molar-refractivity contribution >= 4 is 0 Å². The second-order valence-electron chi connectivity index (χ2n) is 7.54. The zero-order valence-corrected chi connectivity index (χ0v) is 14.2. The van der Waals surface area contributed by atoms with Crippen LogP contribution in [0, 0.1) is 10.8 Å². The van der Waals surface area contributed by atoms with Crippen LogP contribution >= 0.6 is 0 Å². The lowest BCUT2D eigenvalue weighted by Gasteiger charge is -2.31. The van der Waals surface area contributed by atoms with Crippen LogP contribution in [0.3, 0.4) is 0 Å². The molecule has 112 valence electrons. The van der Waals surface area contributed by atoms with E-state index in [1.165, 1.54) is 19.3 Å². The van der Waals surface area contributed by atoms with E-state index in [4.69, 9.17) is 0 Å². The molecule has 1 N–H and O–H groups in total. The first-order valence-corrected chi connectivity index (χ1v) is 7.74. The van der Waals surface area contributed by atoms with Crippen LogP contribution in [0.4, 0.5) is 0 Å². The number of hydrogen-bond acceptors (Lipinski definition) is 1. The summed E-state index contributed by atoms with van der Waals surface area (Å²) in [4.78, 5) is 0. The molecule has 0 heterocycles. The molecule has 1 heteroatoms. The molecule has 0 bridgehead atoms. The normalized spacial score (nSPS) is 15.3. The van der Waals surface area contributed by atoms with Crippen LogP contribution in [-0.2, 0) is 0 Å². The van der Waals surface area contributed by atoms with E-state index in [-0.39, 0.29) is 0 Å². The Balaban J connectivity index is 4.48. The summed E-state index contributed by atoms with van der Waals surface area (Å²) in [6.45, 7) is 16.0.